The van der Waals surface area contributed by atoms with Crippen molar-refractivity contribution in [2.45, 2.75) is 58.5 Å². The van der Waals surface area contributed by atoms with E-state index in [0.29, 0.717) is 24.9 Å². The molecule has 108 valence electrons. The molecule has 1 aliphatic carbocycles. The minimum absolute atomic E-state index is 0.0629. The zero-order chi connectivity index (χ0) is 14.1. The number of rotatable bonds is 5. The van der Waals surface area contributed by atoms with Gasteiger partial charge in [0.05, 0.1) is 5.41 Å². The zero-order valence-corrected chi connectivity index (χ0v) is 12.4. The molecule has 1 aromatic heterocycles. The molecule has 1 unspecified atom stereocenters. The van der Waals surface area contributed by atoms with E-state index in [0.717, 1.165) is 12.8 Å². The topological polar surface area (TPSA) is 74.2 Å². The van der Waals surface area contributed by atoms with Gasteiger partial charge in [-0.05, 0) is 25.2 Å². The predicted octanol–water partition coefficient (Wildman–Crippen LogP) is 2.57. The van der Waals surface area contributed by atoms with E-state index >= 15 is 0 Å². The highest BCUT2D eigenvalue weighted by Gasteiger charge is 2.43. The molecule has 19 heavy (non-hydrogen) atoms. The van der Waals surface area contributed by atoms with Crippen LogP contribution >= 0.6 is 0 Å². The normalized spacial score (nSPS) is 20.1. The Bertz CT molecular complexity index is 413. The van der Waals surface area contributed by atoms with Crippen LogP contribution in [-0.2, 0) is 10.2 Å². The molecule has 1 saturated carbocycles. The summed E-state index contributed by atoms with van der Waals surface area (Å²) in [7, 11) is 0. The largest absolute Gasteiger partial charge is 0.370 e. The fourth-order valence-corrected chi connectivity index (χ4v) is 2.54. The van der Waals surface area contributed by atoms with Crippen molar-refractivity contribution in [3.63, 3.8) is 0 Å². The fourth-order valence-electron chi connectivity index (χ4n) is 2.54. The van der Waals surface area contributed by atoms with Gasteiger partial charge < -0.3 is 15.0 Å². The van der Waals surface area contributed by atoms with Crippen LogP contribution in [0.15, 0.2) is 4.52 Å². The molecule has 0 spiro atoms. The fraction of sp³-hybridized carbons (Fsp3) is 0.857. The maximum atomic E-state index is 5.87. The second kappa shape index (κ2) is 5.21. The van der Waals surface area contributed by atoms with Gasteiger partial charge in [-0.2, -0.15) is 4.98 Å². The molecular weight excluding hydrogens is 242 g/mol. The van der Waals surface area contributed by atoms with E-state index < -0.39 is 0 Å². The van der Waals surface area contributed by atoms with Crippen LogP contribution in [0.1, 0.15) is 64.8 Å². The molecule has 0 bridgehead atoms. The predicted molar refractivity (Wildman–Crippen MR) is 72.7 cm³/mol. The van der Waals surface area contributed by atoms with Crippen molar-refractivity contribution < 1.29 is 9.26 Å². The number of nitrogens with two attached hydrogens (primary N) is 1. The lowest BCUT2D eigenvalue weighted by molar-refractivity contribution is -0.0203. The van der Waals surface area contributed by atoms with Crippen molar-refractivity contribution in [3.05, 3.63) is 11.7 Å². The number of hydrogen-bond donors (Lipinski definition) is 1. The zero-order valence-electron chi connectivity index (χ0n) is 12.4. The summed E-state index contributed by atoms with van der Waals surface area (Å²) in [6.07, 6.45) is 3.12. The van der Waals surface area contributed by atoms with Gasteiger partial charge in [0.2, 0.25) is 11.7 Å². The molecule has 1 fully saturated rings. The molecule has 0 saturated heterocycles. The van der Waals surface area contributed by atoms with Crippen molar-refractivity contribution in [2.24, 2.45) is 11.1 Å². The van der Waals surface area contributed by atoms with Crippen LogP contribution in [0.5, 0.6) is 0 Å². The van der Waals surface area contributed by atoms with Crippen LogP contribution in [0, 0.1) is 5.41 Å². The summed E-state index contributed by atoms with van der Waals surface area (Å²) < 4.78 is 11.3. The lowest BCUT2D eigenvalue weighted by Gasteiger charge is -2.37. The van der Waals surface area contributed by atoms with E-state index in [-0.39, 0.29) is 16.9 Å². The molecular formula is C14H25N3O2. The SMILES string of the molecule is CCOC(c1noc(C2(CN)CCC2)n1)C(C)(C)C. The summed E-state index contributed by atoms with van der Waals surface area (Å²) in [5.74, 6) is 1.33. The summed E-state index contributed by atoms with van der Waals surface area (Å²) in [4.78, 5) is 4.58. The standard InChI is InChI=1S/C14H25N3O2/c1-5-18-10(13(2,3)4)11-16-12(19-17-11)14(9-15)7-6-8-14/h10H,5-9,15H2,1-4H3. The Hall–Kier alpha value is -0.940. The van der Waals surface area contributed by atoms with Crippen molar-refractivity contribution in [3.8, 4) is 0 Å². The first kappa shape index (κ1) is 14.5. The molecule has 0 aliphatic heterocycles. The van der Waals surface area contributed by atoms with Gasteiger partial charge in [0, 0.05) is 13.2 Å². The quantitative estimate of drug-likeness (QED) is 0.887. The molecule has 2 N–H and O–H groups in total. The summed E-state index contributed by atoms with van der Waals surface area (Å²) in [6.45, 7) is 9.53. The number of aromatic nitrogens is 2. The second-order valence-electron chi connectivity index (χ2n) is 6.50. The van der Waals surface area contributed by atoms with Gasteiger partial charge in [0.15, 0.2) is 0 Å². The summed E-state index contributed by atoms with van der Waals surface area (Å²) in [6, 6.07) is 0. The van der Waals surface area contributed by atoms with Crippen molar-refractivity contribution in [1.82, 2.24) is 10.1 Å². The van der Waals surface area contributed by atoms with Crippen LogP contribution in [-0.4, -0.2) is 23.3 Å². The third kappa shape index (κ3) is 2.67. The first-order valence-electron chi connectivity index (χ1n) is 7.09. The van der Waals surface area contributed by atoms with Gasteiger partial charge >= 0.3 is 0 Å². The van der Waals surface area contributed by atoms with Crippen LogP contribution in [0.2, 0.25) is 0 Å². The summed E-state index contributed by atoms with van der Waals surface area (Å²) >= 11 is 0. The minimum Gasteiger partial charge on any atom is -0.370 e. The van der Waals surface area contributed by atoms with Crippen LogP contribution in [0.3, 0.4) is 0 Å². The van der Waals surface area contributed by atoms with Gasteiger partial charge in [-0.1, -0.05) is 32.3 Å². The molecule has 5 heteroatoms. The monoisotopic (exact) mass is 267 g/mol. The van der Waals surface area contributed by atoms with E-state index in [4.69, 9.17) is 15.0 Å². The Labute approximate surface area is 114 Å². The Morgan fingerprint density at radius 2 is 2.11 bits per heavy atom. The molecule has 1 aromatic rings. The maximum absolute atomic E-state index is 5.87. The molecule has 0 aromatic carbocycles. The molecule has 1 aliphatic rings. The molecule has 2 rings (SSSR count). The lowest BCUT2D eigenvalue weighted by atomic mass is 9.69. The molecule has 0 radical (unpaired) electrons. The van der Waals surface area contributed by atoms with Gasteiger partial charge in [-0.3, -0.25) is 0 Å². The van der Waals surface area contributed by atoms with Gasteiger partial charge in [-0.15, -0.1) is 0 Å². The number of nitrogens with zero attached hydrogens (tertiary/aromatic N) is 2. The average molecular weight is 267 g/mol. The minimum atomic E-state index is -0.148. The average Bonchev–Trinajstić information content (AvgIpc) is 2.73. The van der Waals surface area contributed by atoms with Crippen LogP contribution < -0.4 is 5.73 Å². The highest BCUT2D eigenvalue weighted by Crippen LogP contribution is 2.43. The Kier molecular flexibility index (Phi) is 3.97. The Morgan fingerprint density at radius 3 is 2.53 bits per heavy atom. The Morgan fingerprint density at radius 1 is 1.42 bits per heavy atom. The van der Waals surface area contributed by atoms with Crippen LogP contribution in [0.4, 0.5) is 0 Å². The number of ether oxygens (including phenoxy) is 1. The highest BCUT2D eigenvalue weighted by molar-refractivity contribution is 5.12. The van der Waals surface area contributed by atoms with E-state index in [1.165, 1.54) is 6.42 Å². The maximum Gasteiger partial charge on any atom is 0.234 e. The van der Waals surface area contributed by atoms with Crippen molar-refractivity contribution in [1.29, 1.82) is 0 Å². The number of hydrogen-bond acceptors (Lipinski definition) is 5. The lowest BCUT2D eigenvalue weighted by Crippen LogP contribution is -2.41. The van der Waals surface area contributed by atoms with E-state index in [1.807, 2.05) is 6.92 Å². The molecule has 1 heterocycles. The van der Waals surface area contributed by atoms with Gasteiger partial charge in [0.25, 0.3) is 0 Å². The highest BCUT2D eigenvalue weighted by atomic mass is 16.5. The van der Waals surface area contributed by atoms with E-state index in [2.05, 4.69) is 30.9 Å². The first-order valence-corrected chi connectivity index (χ1v) is 7.09. The third-order valence-electron chi connectivity index (χ3n) is 3.95. The molecule has 0 amide bonds. The van der Waals surface area contributed by atoms with Gasteiger partial charge in [-0.25, -0.2) is 0 Å². The summed E-state index contributed by atoms with van der Waals surface area (Å²) in [5, 5.41) is 4.13. The Balaban J connectivity index is 2.24. The van der Waals surface area contributed by atoms with Gasteiger partial charge in [0.1, 0.15) is 6.10 Å². The smallest absolute Gasteiger partial charge is 0.234 e. The van der Waals surface area contributed by atoms with E-state index in [1.54, 1.807) is 0 Å². The summed E-state index contributed by atoms with van der Waals surface area (Å²) in [5.41, 5.74) is 5.73. The van der Waals surface area contributed by atoms with Crippen molar-refractivity contribution >= 4 is 0 Å². The van der Waals surface area contributed by atoms with E-state index in [9.17, 15) is 0 Å². The van der Waals surface area contributed by atoms with Crippen LogP contribution in [0.25, 0.3) is 0 Å². The first-order chi connectivity index (χ1) is 8.93. The second-order valence-corrected chi connectivity index (χ2v) is 6.50. The molecule has 1 atom stereocenters. The third-order valence-corrected chi connectivity index (χ3v) is 3.95. The molecule has 5 nitrogen and oxygen atoms in total. The van der Waals surface area contributed by atoms with Crippen molar-refractivity contribution in [2.75, 3.05) is 13.2 Å².